The fourth-order valence-electron chi connectivity index (χ4n) is 2.18. The van der Waals surface area contributed by atoms with E-state index in [-0.39, 0.29) is 6.10 Å². The SMILES string of the molecule is CCNC(=NCc1cccc(OC(C)C)c1)NC1CC1C. The summed E-state index contributed by atoms with van der Waals surface area (Å²) in [5, 5.41) is 6.77. The summed E-state index contributed by atoms with van der Waals surface area (Å²) in [6.07, 6.45) is 1.43. The maximum absolute atomic E-state index is 5.72. The average molecular weight is 289 g/mol. The lowest BCUT2D eigenvalue weighted by Gasteiger charge is -2.12. The van der Waals surface area contributed by atoms with E-state index in [1.807, 2.05) is 26.0 Å². The largest absolute Gasteiger partial charge is 0.491 e. The van der Waals surface area contributed by atoms with Gasteiger partial charge in [0.2, 0.25) is 0 Å². The second kappa shape index (κ2) is 7.34. The van der Waals surface area contributed by atoms with Gasteiger partial charge in [-0.25, -0.2) is 4.99 Å². The van der Waals surface area contributed by atoms with Crippen LogP contribution in [0.2, 0.25) is 0 Å². The highest BCUT2D eigenvalue weighted by molar-refractivity contribution is 5.80. The minimum absolute atomic E-state index is 0.194. The predicted molar refractivity (Wildman–Crippen MR) is 87.7 cm³/mol. The molecule has 0 aliphatic heterocycles. The molecule has 116 valence electrons. The second-order valence-electron chi connectivity index (χ2n) is 5.97. The Morgan fingerprint density at radius 2 is 2.19 bits per heavy atom. The molecule has 1 aromatic rings. The molecule has 0 radical (unpaired) electrons. The normalized spacial score (nSPS) is 21.3. The number of benzene rings is 1. The van der Waals surface area contributed by atoms with Crippen LogP contribution in [-0.4, -0.2) is 24.7 Å². The first kappa shape index (κ1) is 15.7. The van der Waals surface area contributed by atoms with E-state index in [2.05, 4.69) is 41.6 Å². The highest BCUT2D eigenvalue weighted by Crippen LogP contribution is 2.28. The first-order chi connectivity index (χ1) is 10.1. The fourth-order valence-corrected chi connectivity index (χ4v) is 2.18. The Morgan fingerprint density at radius 3 is 2.81 bits per heavy atom. The summed E-state index contributed by atoms with van der Waals surface area (Å²) in [6.45, 7) is 9.96. The molecule has 4 heteroatoms. The van der Waals surface area contributed by atoms with E-state index >= 15 is 0 Å². The van der Waals surface area contributed by atoms with Gasteiger partial charge in [-0.1, -0.05) is 19.1 Å². The summed E-state index contributed by atoms with van der Waals surface area (Å²) in [7, 11) is 0. The van der Waals surface area contributed by atoms with Gasteiger partial charge < -0.3 is 15.4 Å². The molecule has 0 saturated heterocycles. The van der Waals surface area contributed by atoms with Gasteiger partial charge in [-0.05, 0) is 50.8 Å². The van der Waals surface area contributed by atoms with Crippen LogP contribution in [0.3, 0.4) is 0 Å². The number of rotatable bonds is 6. The van der Waals surface area contributed by atoms with Crippen LogP contribution in [0, 0.1) is 5.92 Å². The van der Waals surface area contributed by atoms with Gasteiger partial charge in [-0.2, -0.15) is 0 Å². The van der Waals surface area contributed by atoms with Gasteiger partial charge in [-0.3, -0.25) is 0 Å². The molecular weight excluding hydrogens is 262 g/mol. The summed E-state index contributed by atoms with van der Waals surface area (Å²) < 4.78 is 5.72. The third-order valence-corrected chi connectivity index (χ3v) is 3.47. The quantitative estimate of drug-likeness (QED) is 0.625. The molecule has 2 rings (SSSR count). The van der Waals surface area contributed by atoms with Gasteiger partial charge in [-0.15, -0.1) is 0 Å². The minimum Gasteiger partial charge on any atom is -0.491 e. The lowest BCUT2D eigenvalue weighted by molar-refractivity contribution is 0.242. The average Bonchev–Trinajstić information content (AvgIpc) is 3.11. The highest BCUT2D eigenvalue weighted by atomic mass is 16.5. The Bertz CT molecular complexity index is 485. The van der Waals surface area contributed by atoms with Crippen LogP contribution in [0.25, 0.3) is 0 Å². The predicted octanol–water partition coefficient (Wildman–Crippen LogP) is 2.94. The summed E-state index contributed by atoms with van der Waals surface area (Å²) in [6, 6.07) is 8.74. The first-order valence-corrected chi connectivity index (χ1v) is 7.89. The number of hydrogen-bond acceptors (Lipinski definition) is 2. The van der Waals surface area contributed by atoms with Gasteiger partial charge in [0.15, 0.2) is 5.96 Å². The summed E-state index contributed by atoms with van der Waals surface area (Å²) in [5.74, 6) is 2.57. The molecule has 21 heavy (non-hydrogen) atoms. The Balaban J connectivity index is 1.96. The maximum Gasteiger partial charge on any atom is 0.191 e. The van der Waals surface area contributed by atoms with Crippen molar-refractivity contribution in [2.24, 2.45) is 10.9 Å². The van der Waals surface area contributed by atoms with Crippen LogP contribution in [0.15, 0.2) is 29.3 Å². The molecule has 2 unspecified atom stereocenters. The number of ether oxygens (including phenoxy) is 1. The zero-order chi connectivity index (χ0) is 15.2. The van der Waals surface area contributed by atoms with E-state index in [1.54, 1.807) is 0 Å². The van der Waals surface area contributed by atoms with Crippen molar-refractivity contribution in [3.05, 3.63) is 29.8 Å². The van der Waals surface area contributed by atoms with Crippen molar-refractivity contribution >= 4 is 5.96 Å². The number of nitrogens with one attached hydrogen (secondary N) is 2. The zero-order valence-corrected chi connectivity index (χ0v) is 13.5. The molecule has 1 aliphatic carbocycles. The van der Waals surface area contributed by atoms with Crippen LogP contribution in [0.1, 0.15) is 39.7 Å². The molecule has 1 aromatic carbocycles. The number of hydrogen-bond donors (Lipinski definition) is 2. The Morgan fingerprint density at radius 1 is 1.43 bits per heavy atom. The van der Waals surface area contributed by atoms with E-state index in [0.29, 0.717) is 12.6 Å². The van der Waals surface area contributed by atoms with E-state index < -0.39 is 0 Å². The summed E-state index contributed by atoms with van der Waals surface area (Å²) in [5.41, 5.74) is 1.16. The first-order valence-electron chi connectivity index (χ1n) is 7.89. The highest BCUT2D eigenvalue weighted by Gasteiger charge is 2.33. The third-order valence-electron chi connectivity index (χ3n) is 3.47. The Kier molecular flexibility index (Phi) is 5.48. The van der Waals surface area contributed by atoms with E-state index in [4.69, 9.17) is 4.74 Å². The topological polar surface area (TPSA) is 45.7 Å². The standard InChI is InChI=1S/C17H27N3O/c1-5-18-17(20-16-9-13(16)4)19-11-14-7-6-8-15(10-14)21-12(2)3/h6-8,10,12-13,16H,5,9,11H2,1-4H3,(H2,18,19,20). The van der Waals surface area contributed by atoms with Crippen molar-refractivity contribution in [2.75, 3.05) is 6.54 Å². The molecule has 0 amide bonds. The van der Waals surface area contributed by atoms with Gasteiger partial charge in [0.05, 0.1) is 12.6 Å². The third kappa shape index (κ3) is 5.29. The molecule has 1 fully saturated rings. The smallest absolute Gasteiger partial charge is 0.191 e. The van der Waals surface area contributed by atoms with Crippen molar-refractivity contribution in [1.29, 1.82) is 0 Å². The lowest BCUT2D eigenvalue weighted by Crippen LogP contribution is -2.39. The number of nitrogens with zero attached hydrogens (tertiary/aromatic N) is 1. The molecule has 0 aromatic heterocycles. The van der Waals surface area contributed by atoms with E-state index in [9.17, 15) is 0 Å². The molecule has 4 nitrogen and oxygen atoms in total. The molecule has 1 aliphatic rings. The van der Waals surface area contributed by atoms with Crippen LogP contribution in [0.4, 0.5) is 0 Å². The second-order valence-corrected chi connectivity index (χ2v) is 5.97. The summed E-state index contributed by atoms with van der Waals surface area (Å²) >= 11 is 0. The molecule has 2 N–H and O–H groups in total. The zero-order valence-electron chi connectivity index (χ0n) is 13.5. The molecule has 0 spiro atoms. The monoisotopic (exact) mass is 289 g/mol. The van der Waals surface area contributed by atoms with Crippen molar-refractivity contribution < 1.29 is 4.74 Å². The molecule has 2 atom stereocenters. The van der Waals surface area contributed by atoms with Crippen LogP contribution < -0.4 is 15.4 Å². The van der Waals surface area contributed by atoms with E-state index in [1.165, 1.54) is 6.42 Å². The number of aliphatic imine (C=N–C) groups is 1. The number of guanidine groups is 1. The lowest BCUT2D eigenvalue weighted by atomic mass is 10.2. The van der Waals surface area contributed by atoms with Gasteiger partial charge >= 0.3 is 0 Å². The Labute approximate surface area is 128 Å². The van der Waals surface area contributed by atoms with Crippen molar-refractivity contribution in [3.63, 3.8) is 0 Å². The van der Waals surface area contributed by atoms with Crippen molar-refractivity contribution in [2.45, 2.75) is 52.8 Å². The van der Waals surface area contributed by atoms with Gasteiger partial charge in [0.1, 0.15) is 5.75 Å². The van der Waals surface area contributed by atoms with Gasteiger partial charge in [0.25, 0.3) is 0 Å². The van der Waals surface area contributed by atoms with Gasteiger partial charge in [0, 0.05) is 12.6 Å². The maximum atomic E-state index is 5.72. The molecular formula is C17H27N3O. The van der Waals surface area contributed by atoms with E-state index in [0.717, 1.165) is 29.7 Å². The van der Waals surface area contributed by atoms with Crippen LogP contribution in [-0.2, 0) is 6.54 Å². The van der Waals surface area contributed by atoms with Crippen LogP contribution in [0.5, 0.6) is 5.75 Å². The molecule has 0 heterocycles. The molecule has 1 saturated carbocycles. The summed E-state index contributed by atoms with van der Waals surface area (Å²) in [4.78, 5) is 4.66. The Hall–Kier alpha value is -1.71. The fraction of sp³-hybridized carbons (Fsp3) is 0.588. The van der Waals surface area contributed by atoms with Crippen molar-refractivity contribution in [3.8, 4) is 5.75 Å². The minimum atomic E-state index is 0.194. The van der Waals surface area contributed by atoms with Crippen molar-refractivity contribution in [1.82, 2.24) is 10.6 Å². The van der Waals surface area contributed by atoms with Crippen LogP contribution >= 0.6 is 0 Å². The molecule has 0 bridgehead atoms.